The van der Waals surface area contributed by atoms with E-state index in [4.69, 9.17) is 9.97 Å². The number of piperazine rings is 1. The SMILES string of the molecule is CCCc1nccc2c(N3CCNCC3)nc(-c3ccncc3)nc12. The summed E-state index contributed by atoms with van der Waals surface area (Å²) in [7, 11) is 0. The molecule has 0 aliphatic carbocycles. The molecule has 0 aromatic carbocycles. The van der Waals surface area contributed by atoms with Crippen molar-refractivity contribution in [1.82, 2.24) is 25.3 Å². The van der Waals surface area contributed by atoms with E-state index in [0.717, 1.165) is 72.8 Å². The Kier molecular flexibility index (Phi) is 4.52. The molecule has 1 aliphatic rings. The molecule has 0 spiro atoms. The molecule has 0 atom stereocenters. The molecule has 1 N–H and O–H groups in total. The predicted molar refractivity (Wildman–Crippen MR) is 99.6 cm³/mol. The van der Waals surface area contributed by atoms with Gasteiger partial charge in [-0.1, -0.05) is 13.3 Å². The molecular weight excluding hydrogens is 312 g/mol. The van der Waals surface area contributed by atoms with E-state index >= 15 is 0 Å². The van der Waals surface area contributed by atoms with Crippen LogP contribution in [0.3, 0.4) is 0 Å². The van der Waals surface area contributed by atoms with Crippen LogP contribution >= 0.6 is 0 Å². The Bertz CT molecular complexity index is 858. The van der Waals surface area contributed by atoms with E-state index in [9.17, 15) is 0 Å². The fourth-order valence-electron chi connectivity index (χ4n) is 3.26. The second kappa shape index (κ2) is 7.11. The van der Waals surface area contributed by atoms with Crippen molar-refractivity contribution in [3.8, 4) is 11.4 Å². The molecule has 6 heteroatoms. The Balaban J connectivity index is 1.93. The number of fused-ring (bicyclic) bond motifs is 1. The second-order valence-electron chi connectivity index (χ2n) is 6.25. The summed E-state index contributed by atoms with van der Waals surface area (Å²) in [6.07, 6.45) is 7.41. The Morgan fingerprint density at radius 3 is 2.60 bits per heavy atom. The van der Waals surface area contributed by atoms with E-state index in [1.54, 1.807) is 12.4 Å². The molecule has 25 heavy (non-hydrogen) atoms. The van der Waals surface area contributed by atoms with E-state index in [2.05, 4.69) is 27.1 Å². The second-order valence-corrected chi connectivity index (χ2v) is 6.25. The zero-order valence-corrected chi connectivity index (χ0v) is 14.4. The van der Waals surface area contributed by atoms with Crippen LogP contribution in [-0.2, 0) is 6.42 Å². The topological polar surface area (TPSA) is 66.8 Å². The lowest BCUT2D eigenvalue weighted by molar-refractivity contribution is 0.586. The van der Waals surface area contributed by atoms with E-state index in [0.29, 0.717) is 0 Å². The normalized spacial score (nSPS) is 14.8. The van der Waals surface area contributed by atoms with Crippen LogP contribution in [0.1, 0.15) is 19.0 Å². The van der Waals surface area contributed by atoms with Gasteiger partial charge in [0, 0.05) is 55.7 Å². The Labute approximate surface area is 147 Å². The number of nitrogens with zero attached hydrogens (tertiary/aromatic N) is 5. The maximum atomic E-state index is 4.93. The minimum absolute atomic E-state index is 0.744. The Hall–Kier alpha value is -2.60. The minimum Gasteiger partial charge on any atom is -0.353 e. The lowest BCUT2D eigenvalue weighted by Crippen LogP contribution is -2.44. The van der Waals surface area contributed by atoms with Gasteiger partial charge in [-0.05, 0) is 24.6 Å². The molecule has 1 saturated heterocycles. The fourth-order valence-corrected chi connectivity index (χ4v) is 3.26. The molecule has 3 aromatic rings. The van der Waals surface area contributed by atoms with Crippen LogP contribution in [0.2, 0.25) is 0 Å². The first-order chi connectivity index (χ1) is 12.4. The lowest BCUT2D eigenvalue weighted by Gasteiger charge is -2.29. The lowest BCUT2D eigenvalue weighted by atomic mass is 10.1. The largest absolute Gasteiger partial charge is 0.353 e. The van der Waals surface area contributed by atoms with Gasteiger partial charge in [0.2, 0.25) is 0 Å². The van der Waals surface area contributed by atoms with Gasteiger partial charge in [0.15, 0.2) is 5.82 Å². The van der Waals surface area contributed by atoms with Crippen molar-refractivity contribution in [2.45, 2.75) is 19.8 Å². The summed E-state index contributed by atoms with van der Waals surface area (Å²) >= 11 is 0. The number of aromatic nitrogens is 4. The van der Waals surface area contributed by atoms with Gasteiger partial charge in [-0.15, -0.1) is 0 Å². The average molecular weight is 334 g/mol. The van der Waals surface area contributed by atoms with Crippen molar-refractivity contribution in [1.29, 1.82) is 0 Å². The monoisotopic (exact) mass is 334 g/mol. The smallest absolute Gasteiger partial charge is 0.162 e. The van der Waals surface area contributed by atoms with Gasteiger partial charge in [-0.25, -0.2) is 9.97 Å². The third-order valence-electron chi connectivity index (χ3n) is 4.51. The van der Waals surface area contributed by atoms with Gasteiger partial charge in [0.05, 0.1) is 11.2 Å². The highest BCUT2D eigenvalue weighted by molar-refractivity contribution is 5.92. The molecule has 1 aliphatic heterocycles. The predicted octanol–water partition coefficient (Wildman–Crippen LogP) is 2.45. The summed E-state index contributed by atoms with van der Waals surface area (Å²) in [6, 6.07) is 5.96. The van der Waals surface area contributed by atoms with Gasteiger partial charge in [0.25, 0.3) is 0 Å². The molecule has 0 bridgehead atoms. The van der Waals surface area contributed by atoms with Gasteiger partial charge in [0.1, 0.15) is 5.82 Å². The van der Waals surface area contributed by atoms with Crippen LogP contribution in [0.5, 0.6) is 0 Å². The molecule has 0 amide bonds. The van der Waals surface area contributed by atoms with Crippen molar-refractivity contribution < 1.29 is 0 Å². The first kappa shape index (κ1) is 15.9. The molecular formula is C19H22N6. The first-order valence-electron chi connectivity index (χ1n) is 8.88. The number of pyridine rings is 2. The van der Waals surface area contributed by atoms with Crippen molar-refractivity contribution in [3.63, 3.8) is 0 Å². The highest BCUT2D eigenvalue weighted by Crippen LogP contribution is 2.29. The van der Waals surface area contributed by atoms with E-state index in [-0.39, 0.29) is 0 Å². The van der Waals surface area contributed by atoms with Crippen LogP contribution in [0, 0.1) is 0 Å². The molecule has 6 nitrogen and oxygen atoms in total. The summed E-state index contributed by atoms with van der Waals surface area (Å²) in [6.45, 7) is 6.02. The van der Waals surface area contributed by atoms with Crippen LogP contribution < -0.4 is 10.2 Å². The number of anilines is 1. The minimum atomic E-state index is 0.744. The number of rotatable bonds is 4. The van der Waals surface area contributed by atoms with Gasteiger partial charge >= 0.3 is 0 Å². The standard InChI is InChI=1S/C19H22N6/c1-2-3-16-17-15(6-9-22-16)19(25-12-10-21-11-13-25)24-18(23-17)14-4-7-20-8-5-14/h4-9,21H,2-3,10-13H2,1H3. The van der Waals surface area contributed by atoms with Gasteiger partial charge < -0.3 is 10.2 Å². The van der Waals surface area contributed by atoms with Gasteiger partial charge in [-0.3, -0.25) is 9.97 Å². The summed E-state index contributed by atoms with van der Waals surface area (Å²) in [5.74, 6) is 1.76. The molecule has 3 aromatic heterocycles. The summed E-state index contributed by atoms with van der Waals surface area (Å²) < 4.78 is 0. The zero-order valence-electron chi connectivity index (χ0n) is 14.4. The average Bonchev–Trinajstić information content (AvgIpc) is 2.69. The van der Waals surface area contributed by atoms with Gasteiger partial charge in [-0.2, -0.15) is 0 Å². The van der Waals surface area contributed by atoms with Crippen molar-refractivity contribution >= 4 is 16.7 Å². The van der Waals surface area contributed by atoms with Crippen molar-refractivity contribution in [3.05, 3.63) is 42.5 Å². The Morgan fingerprint density at radius 2 is 1.84 bits per heavy atom. The first-order valence-corrected chi connectivity index (χ1v) is 8.88. The van der Waals surface area contributed by atoms with Crippen molar-refractivity contribution in [2.24, 2.45) is 0 Å². The highest BCUT2D eigenvalue weighted by atomic mass is 15.2. The molecule has 0 unspecified atom stereocenters. The maximum absolute atomic E-state index is 4.93. The number of hydrogen-bond donors (Lipinski definition) is 1. The summed E-state index contributed by atoms with van der Waals surface area (Å²) in [5.41, 5.74) is 3.01. The van der Waals surface area contributed by atoms with E-state index in [1.807, 2.05) is 24.4 Å². The van der Waals surface area contributed by atoms with E-state index < -0.39 is 0 Å². The van der Waals surface area contributed by atoms with E-state index in [1.165, 1.54) is 0 Å². The number of aryl methyl sites for hydroxylation is 1. The number of nitrogens with one attached hydrogen (secondary N) is 1. The van der Waals surface area contributed by atoms with Crippen LogP contribution in [-0.4, -0.2) is 46.1 Å². The summed E-state index contributed by atoms with van der Waals surface area (Å²) in [5, 5.41) is 4.50. The summed E-state index contributed by atoms with van der Waals surface area (Å²) in [4.78, 5) is 20.8. The molecule has 4 heterocycles. The van der Waals surface area contributed by atoms with Crippen LogP contribution in [0.15, 0.2) is 36.8 Å². The quantitative estimate of drug-likeness (QED) is 0.790. The third kappa shape index (κ3) is 3.17. The maximum Gasteiger partial charge on any atom is 0.162 e. The molecule has 0 radical (unpaired) electrons. The van der Waals surface area contributed by atoms with Crippen LogP contribution in [0.25, 0.3) is 22.3 Å². The highest BCUT2D eigenvalue weighted by Gasteiger charge is 2.19. The number of hydrogen-bond acceptors (Lipinski definition) is 6. The molecule has 0 saturated carbocycles. The molecule has 128 valence electrons. The fraction of sp³-hybridized carbons (Fsp3) is 0.368. The third-order valence-corrected chi connectivity index (χ3v) is 4.51. The zero-order chi connectivity index (χ0) is 17.1. The Morgan fingerprint density at radius 1 is 1.04 bits per heavy atom. The molecule has 1 fully saturated rings. The van der Waals surface area contributed by atoms with Crippen molar-refractivity contribution in [2.75, 3.05) is 31.1 Å². The molecule has 4 rings (SSSR count). The van der Waals surface area contributed by atoms with Crippen LogP contribution in [0.4, 0.5) is 5.82 Å².